The molecular formula is C5H9Cl2F4. The molecule has 0 saturated heterocycles. The molecule has 0 aliphatic carbocycles. The summed E-state index contributed by atoms with van der Waals surface area (Å²) in [5.74, 6) is 0.472. The second kappa shape index (κ2) is 48.2. The molecule has 0 atom stereocenters. The Hall–Kier alpha value is 0.300. The van der Waals surface area contributed by atoms with Crippen LogP contribution >= 0.6 is 23.2 Å². The Balaban J connectivity index is -0.0000000315. The van der Waals surface area contributed by atoms with Crippen LogP contribution in [0.1, 0.15) is 0 Å². The zero-order valence-corrected chi connectivity index (χ0v) is 7.40. The van der Waals surface area contributed by atoms with Gasteiger partial charge in [-0.15, -0.1) is 23.2 Å². The molecule has 11 heavy (non-hydrogen) atoms. The molecule has 0 aromatic carbocycles. The van der Waals surface area contributed by atoms with Gasteiger partial charge < -0.3 is 0 Å². The number of alkyl halides is 2. The third kappa shape index (κ3) is 7880. The summed E-state index contributed by atoms with van der Waals surface area (Å²) in [6.45, 7) is 0.168. The van der Waals surface area contributed by atoms with Crippen LogP contribution in [0.15, 0.2) is 0 Å². The minimum Gasteiger partial charge on any atom is -0.255 e. The van der Waals surface area contributed by atoms with E-state index in [4.69, 9.17) is 11.6 Å². The summed E-state index contributed by atoms with van der Waals surface area (Å²) in [7, 11) is 0.500. The highest BCUT2D eigenvalue weighted by atomic mass is 35.5. The lowest BCUT2D eigenvalue weighted by Crippen LogP contribution is -1.49. The van der Waals surface area contributed by atoms with E-state index in [1.54, 1.807) is 0 Å². The topological polar surface area (TPSA) is 0 Å². The Bertz CT molecular complexity index is 27.7. The van der Waals surface area contributed by atoms with Crippen LogP contribution in [0.25, 0.3) is 0 Å². The molecule has 0 bridgehead atoms. The van der Waals surface area contributed by atoms with Crippen molar-refractivity contribution < 1.29 is 17.6 Å². The van der Waals surface area contributed by atoms with Gasteiger partial charge in [-0.05, 0) is 6.92 Å². The summed E-state index contributed by atoms with van der Waals surface area (Å²) in [6, 6.07) is 0. The SMILES string of the molecule is CF.F[C](F)F.[CH2]CCl.[CH2]Cl. The first-order chi connectivity index (χ1) is 5.15. The van der Waals surface area contributed by atoms with Crippen molar-refractivity contribution >= 4 is 23.2 Å². The molecule has 71 valence electrons. The lowest BCUT2D eigenvalue weighted by atomic mass is 11.0. The van der Waals surface area contributed by atoms with E-state index < -0.39 is 6.68 Å². The van der Waals surface area contributed by atoms with Gasteiger partial charge in [-0.1, -0.05) is 0 Å². The van der Waals surface area contributed by atoms with E-state index in [0.717, 1.165) is 0 Å². The predicted molar refractivity (Wildman–Crippen MR) is 40.9 cm³/mol. The zero-order chi connectivity index (χ0) is 10.3. The molecule has 0 aromatic rings. The van der Waals surface area contributed by atoms with Gasteiger partial charge in [-0.25, -0.2) is 0 Å². The summed E-state index contributed by atoms with van der Waals surface area (Å²) in [5, 5.41) is 0. The second-order valence-corrected chi connectivity index (χ2v) is 0.781. The number of halogens is 6. The van der Waals surface area contributed by atoms with Gasteiger partial charge in [0.25, 0.3) is 0 Å². The largest absolute Gasteiger partial charge is 0.487 e. The quantitative estimate of drug-likeness (QED) is 0.424. The third-order valence-electron chi connectivity index (χ3n) is 0. The van der Waals surface area contributed by atoms with Crippen LogP contribution in [0, 0.1) is 20.0 Å². The van der Waals surface area contributed by atoms with Crippen molar-refractivity contribution in [2.45, 2.75) is 0 Å². The van der Waals surface area contributed by atoms with E-state index >= 15 is 0 Å². The maximum atomic E-state index is 9.58. The highest BCUT2D eigenvalue weighted by Crippen LogP contribution is 1.99. The fourth-order valence-electron chi connectivity index (χ4n) is 0. The van der Waals surface area contributed by atoms with Crippen LogP contribution in [0.2, 0.25) is 0 Å². The Morgan fingerprint density at radius 3 is 1.18 bits per heavy atom. The monoisotopic (exact) mass is 215 g/mol. The van der Waals surface area contributed by atoms with E-state index in [1.165, 1.54) is 0 Å². The molecule has 0 spiro atoms. The normalized spacial score (nSPS) is 6.00. The molecule has 0 N–H and O–H groups in total. The van der Waals surface area contributed by atoms with E-state index in [-0.39, 0.29) is 0 Å². The maximum Gasteiger partial charge on any atom is 0.487 e. The van der Waals surface area contributed by atoms with Gasteiger partial charge in [0.05, 0.1) is 7.18 Å². The molecule has 3 radical (unpaired) electrons. The standard InChI is InChI=1S/C2H4Cl.CH2Cl.CF3.CH3F/c1-2-3;1-2;2-1(3)4;1-2/h1-2H2;1H2;;1H3. The van der Waals surface area contributed by atoms with Crippen LogP contribution in [0.3, 0.4) is 0 Å². The molecule has 0 saturated carbocycles. The van der Waals surface area contributed by atoms with Crippen molar-refractivity contribution in [3.05, 3.63) is 20.0 Å². The lowest BCUT2D eigenvalue weighted by molar-refractivity contribution is 0.142. The molecule has 0 amide bonds. The van der Waals surface area contributed by atoms with Crippen molar-refractivity contribution in [2.24, 2.45) is 0 Å². The van der Waals surface area contributed by atoms with Gasteiger partial charge in [0.15, 0.2) is 0 Å². The minimum absolute atomic E-state index is 0.472. The summed E-state index contributed by atoms with van der Waals surface area (Å²) in [6.07, 6.45) is 2.72. The highest BCUT2D eigenvalue weighted by molar-refractivity contribution is 6.19. The number of hydrogen-bond acceptors (Lipinski definition) is 0. The number of hydrogen-bond donors (Lipinski definition) is 0. The molecule has 6 heteroatoms. The maximum absolute atomic E-state index is 9.58. The summed E-state index contributed by atoms with van der Waals surface area (Å²) < 4.78 is 38.3. The van der Waals surface area contributed by atoms with Crippen molar-refractivity contribution in [2.75, 3.05) is 13.1 Å². The predicted octanol–water partition coefficient (Wildman–Crippen LogP) is 4.00. The fourth-order valence-corrected chi connectivity index (χ4v) is 0. The second-order valence-electron chi connectivity index (χ2n) is 0.403. The molecule has 0 nitrogen and oxygen atoms in total. The highest BCUT2D eigenvalue weighted by Gasteiger charge is 1.93. The average molecular weight is 216 g/mol. The van der Waals surface area contributed by atoms with E-state index in [2.05, 4.69) is 24.9 Å². The molecule has 0 aromatic heterocycles. The van der Waals surface area contributed by atoms with Crippen molar-refractivity contribution in [3.8, 4) is 0 Å². The van der Waals surface area contributed by atoms with Crippen LogP contribution in [-0.2, 0) is 0 Å². The van der Waals surface area contributed by atoms with E-state index in [9.17, 15) is 17.6 Å². The van der Waals surface area contributed by atoms with E-state index in [1.807, 2.05) is 0 Å². The van der Waals surface area contributed by atoms with Gasteiger partial charge in [-0.2, -0.15) is 13.2 Å². The molecule has 0 aliphatic rings. The fraction of sp³-hybridized carbons (Fsp3) is 0.400. The summed E-state index contributed by atoms with van der Waals surface area (Å²) >= 11 is 9.28. The Labute approximate surface area is 74.5 Å². The van der Waals surface area contributed by atoms with Crippen LogP contribution in [-0.4, -0.2) is 13.1 Å². The zero-order valence-electron chi connectivity index (χ0n) is 5.89. The number of rotatable bonds is 0. The average Bonchev–Trinajstić information content (AvgIpc) is 1.96. The molecule has 0 unspecified atom stereocenters. The van der Waals surface area contributed by atoms with Gasteiger partial charge >= 0.3 is 6.68 Å². The van der Waals surface area contributed by atoms with Crippen molar-refractivity contribution in [1.29, 1.82) is 0 Å². The first kappa shape index (κ1) is 22.5. The summed E-state index contributed by atoms with van der Waals surface area (Å²) in [5.41, 5.74) is 0. The molecule has 0 heterocycles. The van der Waals surface area contributed by atoms with Gasteiger partial charge in [0, 0.05) is 12.3 Å². The minimum atomic E-state index is -3.08. The van der Waals surface area contributed by atoms with Crippen LogP contribution in [0.5, 0.6) is 0 Å². The first-order valence-corrected chi connectivity index (χ1v) is 3.05. The Morgan fingerprint density at radius 1 is 1.18 bits per heavy atom. The smallest absolute Gasteiger partial charge is 0.255 e. The van der Waals surface area contributed by atoms with Crippen molar-refractivity contribution in [1.82, 2.24) is 0 Å². The molecular weight excluding hydrogens is 207 g/mol. The van der Waals surface area contributed by atoms with Gasteiger partial charge in [-0.3, -0.25) is 4.39 Å². The van der Waals surface area contributed by atoms with Crippen molar-refractivity contribution in [3.63, 3.8) is 0 Å². The van der Waals surface area contributed by atoms with Gasteiger partial charge in [0.2, 0.25) is 0 Å². The van der Waals surface area contributed by atoms with Gasteiger partial charge in [0.1, 0.15) is 0 Å². The lowest BCUT2D eigenvalue weighted by Gasteiger charge is -1.60. The van der Waals surface area contributed by atoms with Crippen LogP contribution < -0.4 is 0 Å². The third-order valence-corrected chi connectivity index (χ3v) is 0. The Kier molecular flexibility index (Phi) is 98.5. The summed E-state index contributed by atoms with van der Waals surface area (Å²) in [4.78, 5) is 0. The Morgan fingerprint density at radius 2 is 1.18 bits per heavy atom. The molecule has 0 aliphatic heterocycles. The molecule has 0 rings (SSSR count). The van der Waals surface area contributed by atoms with E-state index in [0.29, 0.717) is 13.1 Å². The first-order valence-electron chi connectivity index (χ1n) is 1.98. The van der Waals surface area contributed by atoms with Crippen LogP contribution in [0.4, 0.5) is 17.6 Å². The molecule has 0 fully saturated rings.